The van der Waals surface area contributed by atoms with E-state index in [-0.39, 0.29) is 23.6 Å². The lowest BCUT2D eigenvalue weighted by molar-refractivity contribution is 0.0499. The van der Waals surface area contributed by atoms with E-state index in [1.807, 2.05) is 30.0 Å². The van der Waals surface area contributed by atoms with Crippen molar-refractivity contribution in [1.29, 1.82) is 0 Å². The Bertz CT molecular complexity index is 1410. The van der Waals surface area contributed by atoms with Gasteiger partial charge in [-0.25, -0.2) is 9.97 Å². The number of amides is 2. The van der Waals surface area contributed by atoms with Gasteiger partial charge in [-0.3, -0.25) is 24.8 Å². The molecule has 1 aliphatic carbocycles. The van der Waals surface area contributed by atoms with E-state index in [0.29, 0.717) is 24.5 Å². The van der Waals surface area contributed by atoms with Crippen LogP contribution in [0.3, 0.4) is 0 Å². The third-order valence-electron chi connectivity index (χ3n) is 9.10. The summed E-state index contributed by atoms with van der Waals surface area (Å²) in [6.45, 7) is 15.4. The number of guanidine groups is 1. The van der Waals surface area contributed by atoms with Gasteiger partial charge in [-0.05, 0) is 62.6 Å². The van der Waals surface area contributed by atoms with Gasteiger partial charge in [0.2, 0.25) is 0 Å². The molecule has 1 atom stereocenters. The number of allylic oxidation sites excluding steroid dienone is 1. The smallest absolute Gasteiger partial charge is 0.278 e. The topological polar surface area (TPSA) is 106 Å². The lowest BCUT2D eigenvalue weighted by atomic mass is 9.95. The maximum Gasteiger partial charge on any atom is 0.278 e. The predicted octanol–water partition coefficient (Wildman–Crippen LogP) is 3.28. The number of aromatic nitrogens is 2. The van der Waals surface area contributed by atoms with Crippen LogP contribution in [0.15, 0.2) is 60.3 Å². The van der Waals surface area contributed by atoms with Crippen molar-refractivity contribution in [3.8, 4) is 0 Å². The summed E-state index contributed by atoms with van der Waals surface area (Å²) in [4.78, 5) is 46.3. The van der Waals surface area contributed by atoms with E-state index in [9.17, 15) is 9.59 Å². The Labute approximate surface area is 254 Å². The van der Waals surface area contributed by atoms with Gasteiger partial charge in [-0.15, -0.1) is 0 Å². The summed E-state index contributed by atoms with van der Waals surface area (Å²) < 4.78 is 0. The van der Waals surface area contributed by atoms with Gasteiger partial charge in [-0.1, -0.05) is 36.9 Å². The normalized spacial score (nSPS) is 21.2. The van der Waals surface area contributed by atoms with Crippen molar-refractivity contribution in [2.45, 2.75) is 57.0 Å². The van der Waals surface area contributed by atoms with Crippen LogP contribution in [0.1, 0.15) is 70.1 Å². The summed E-state index contributed by atoms with van der Waals surface area (Å²) in [5.41, 5.74) is 4.16. The standard InChI is InChI=1S/C33H42N8O2/c1-4-22(2)19-28-21-40(30-23(3)37-29(20-36-30)31(42)38-33-34-13-14-35-33)17-18-41(28)27-11-15-39(16-12-27)32(43)26-9-7-25(8-10-26)24-5-6-24/h4,7-10,20,24,27-28H,1-2,5-6,11-19,21H2,3H3,(H2,34,35,38,42)/t28-/m0/s1. The number of piperazine rings is 1. The zero-order valence-electron chi connectivity index (χ0n) is 25.1. The zero-order chi connectivity index (χ0) is 29.9. The predicted molar refractivity (Wildman–Crippen MR) is 169 cm³/mol. The van der Waals surface area contributed by atoms with Crippen LogP contribution in [0.5, 0.6) is 0 Å². The third kappa shape index (κ3) is 6.64. The molecule has 1 aromatic heterocycles. The SMILES string of the molecule is C=CC(=C)C[C@H]1CN(c2ncc(C(=O)NC3=NCCN3)nc2C)CCN1C1CCN(C(=O)c2ccc(C3CC3)cc2)CC1. The summed E-state index contributed by atoms with van der Waals surface area (Å²) in [6.07, 6.45) is 8.64. The first-order valence-corrected chi connectivity index (χ1v) is 15.5. The van der Waals surface area contributed by atoms with E-state index in [1.165, 1.54) is 18.4 Å². The minimum Gasteiger partial charge on any atom is -0.354 e. The van der Waals surface area contributed by atoms with Crippen molar-refractivity contribution in [2.24, 2.45) is 4.99 Å². The molecule has 0 spiro atoms. The number of hydrogen-bond acceptors (Lipinski definition) is 8. The van der Waals surface area contributed by atoms with Crippen molar-refractivity contribution < 1.29 is 9.59 Å². The molecule has 2 amide bonds. The quantitative estimate of drug-likeness (QED) is 0.460. The van der Waals surface area contributed by atoms with Crippen LogP contribution in [0.2, 0.25) is 0 Å². The molecule has 10 heteroatoms. The first-order valence-electron chi connectivity index (χ1n) is 15.5. The largest absolute Gasteiger partial charge is 0.354 e. The van der Waals surface area contributed by atoms with Gasteiger partial charge in [0.05, 0.1) is 18.4 Å². The van der Waals surface area contributed by atoms with E-state index in [1.54, 1.807) is 6.20 Å². The molecule has 43 heavy (non-hydrogen) atoms. The molecule has 6 rings (SSSR count). The second-order valence-electron chi connectivity index (χ2n) is 12.1. The average Bonchev–Trinajstić information content (AvgIpc) is 3.76. The molecule has 2 aromatic rings. The van der Waals surface area contributed by atoms with E-state index >= 15 is 0 Å². The van der Waals surface area contributed by atoms with Crippen LogP contribution in [0, 0.1) is 6.92 Å². The van der Waals surface area contributed by atoms with Gasteiger partial charge in [0, 0.05) is 56.9 Å². The van der Waals surface area contributed by atoms with Crippen LogP contribution in [-0.2, 0) is 0 Å². The number of carbonyl (C=O) groups is 2. The molecular weight excluding hydrogens is 540 g/mol. The Hall–Kier alpha value is -4.05. The lowest BCUT2D eigenvalue weighted by Gasteiger charge is -2.48. The number of rotatable bonds is 8. The fourth-order valence-electron chi connectivity index (χ4n) is 6.56. The fourth-order valence-corrected chi connectivity index (χ4v) is 6.56. The Morgan fingerprint density at radius 2 is 1.86 bits per heavy atom. The molecule has 1 saturated carbocycles. The van der Waals surface area contributed by atoms with Crippen LogP contribution >= 0.6 is 0 Å². The number of hydrogen-bond donors (Lipinski definition) is 2. The number of anilines is 1. The van der Waals surface area contributed by atoms with E-state index in [2.05, 4.69) is 60.7 Å². The van der Waals surface area contributed by atoms with E-state index in [4.69, 9.17) is 0 Å². The minimum absolute atomic E-state index is 0.140. The third-order valence-corrected chi connectivity index (χ3v) is 9.10. The first-order chi connectivity index (χ1) is 20.9. The molecule has 4 heterocycles. The van der Waals surface area contributed by atoms with Gasteiger partial charge in [0.25, 0.3) is 11.8 Å². The van der Waals surface area contributed by atoms with Crippen LogP contribution in [0.4, 0.5) is 5.82 Å². The number of carbonyl (C=O) groups excluding carboxylic acids is 2. The van der Waals surface area contributed by atoms with Gasteiger partial charge in [0.1, 0.15) is 11.5 Å². The Morgan fingerprint density at radius 1 is 1.09 bits per heavy atom. The number of aliphatic imine (C=N–C) groups is 1. The van der Waals surface area contributed by atoms with Gasteiger partial charge >= 0.3 is 0 Å². The molecule has 0 bridgehead atoms. The van der Waals surface area contributed by atoms with Gasteiger partial charge in [0.15, 0.2) is 5.96 Å². The molecule has 2 N–H and O–H groups in total. The Balaban J connectivity index is 1.08. The molecule has 0 unspecified atom stereocenters. The number of aryl methyl sites for hydroxylation is 1. The summed E-state index contributed by atoms with van der Waals surface area (Å²) in [6, 6.07) is 8.90. The molecule has 226 valence electrons. The number of benzene rings is 1. The molecule has 10 nitrogen and oxygen atoms in total. The highest BCUT2D eigenvalue weighted by Gasteiger charge is 2.36. The average molecular weight is 583 g/mol. The highest BCUT2D eigenvalue weighted by Crippen LogP contribution is 2.40. The molecule has 0 radical (unpaired) electrons. The molecule has 1 aromatic carbocycles. The summed E-state index contributed by atoms with van der Waals surface area (Å²) in [5.74, 6) is 1.80. The number of nitrogens with zero attached hydrogens (tertiary/aromatic N) is 6. The molecular formula is C33H42N8O2. The minimum atomic E-state index is -0.319. The summed E-state index contributed by atoms with van der Waals surface area (Å²) in [7, 11) is 0. The van der Waals surface area contributed by atoms with Crippen LogP contribution < -0.4 is 15.5 Å². The zero-order valence-corrected chi connectivity index (χ0v) is 25.1. The number of nitrogens with one attached hydrogen (secondary N) is 2. The molecule has 3 aliphatic heterocycles. The highest BCUT2D eigenvalue weighted by molar-refractivity contribution is 6.05. The maximum atomic E-state index is 13.2. The van der Waals surface area contributed by atoms with Crippen LogP contribution in [0.25, 0.3) is 0 Å². The molecule has 4 aliphatic rings. The van der Waals surface area contributed by atoms with Gasteiger partial charge in [-0.2, -0.15) is 0 Å². The first kappa shape index (κ1) is 29.0. The second kappa shape index (κ2) is 12.7. The monoisotopic (exact) mass is 582 g/mol. The summed E-state index contributed by atoms with van der Waals surface area (Å²) >= 11 is 0. The Morgan fingerprint density at radius 3 is 2.51 bits per heavy atom. The van der Waals surface area contributed by atoms with Crippen molar-refractivity contribution in [1.82, 2.24) is 30.4 Å². The fraction of sp³-hybridized carbons (Fsp3) is 0.485. The van der Waals surface area contributed by atoms with Crippen LogP contribution in [-0.4, -0.2) is 95.4 Å². The van der Waals surface area contributed by atoms with Crippen molar-refractivity contribution >= 4 is 23.6 Å². The molecule has 2 saturated heterocycles. The second-order valence-corrected chi connectivity index (χ2v) is 12.1. The van der Waals surface area contributed by atoms with E-state index < -0.39 is 0 Å². The summed E-state index contributed by atoms with van der Waals surface area (Å²) in [5, 5.41) is 5.80. The van der Waals surface area contributed by atoms with Gasteiger partial charge < -0.3 is 15.1 Å². The van der Waals surface area contributed by atoms with E-state index in [0.717, 1.165) is 81.2 Å². The molecule has 3 fully saturated rings. The van der Waals surface area contributed by atoms with Crippen molar-refractivity contribution in [3.05, 3.63) is 77.8 Å². The number of piperidine rings is 1. The Kier molecular flexibility index (Phi) is 8.56. The maximum absolute atomic E-state index is 13.2. The van der Waals surface area contributed by atoms with Crippen molar-refractivity contribution in [2.75, 3.05) is 50.7 Å². The van der Waals surface area contributed by atoms with Crippen molar-refractivity contribution in [3.63, 3.8) is 0 Å². The number of likely N-dealkylation sites (tertiary alicyclic amines) is 1. The highest BCUT2D eigenvalue weighted by atomic mass is 16.2. The lowest BCUT2D eigenvalue weighted by Crippen LogP contribution is -2.59.